The lowest BCUT2D eigenvalue weighted by Crippen LogP contribution is -2.53. The molecule has 1 aliphatic heterocycles. The number of carbonyl (C=O) groups is 5. The summed E-state index contributed by atoms with van der Waals surface area (Å²) in [6, 6.07) is 6.95. The van der Waals surface area contributed by atoms with Crippen molar-refractivity contribution in [3.63, 3.8) is 0 Å². The van der Waals surface area contributed by atoms with Gasteiger partial charge in [0.1, 0.15) is 25.3 Å². The van der Waals surface area contributed by atoms with Crippen LogP contribution in [-0.2, 0) is 30.1 Å². The van der Waals surface area contributed by atoms with Gasteiger partial charge < -0.3 is 44.6 Å². The van der Waals surface area contributed by atoms with E-state index < -0.39 is 50.3 Å². The summed E-state index contributed by atoms with van der Waals surface area (Å²) in [5.41, 5.74) is 2.01. The number of phenols is 1. The predicted octanol–water partition coefficient (Wildman–Crippen LogP) is 6.32. The van der Waals surface area contributed by atoms with E-state index in [-0.39, 0.29) is 53.0 Å². The van der Waals surface area contributed by atoms with E-state index in [4.69, 9.17) is 18.6 Å². The van der Waals surface area contributed by atoms with E-state index in [0.717, 1.165) is 5.57 Å². The zero-order valence-electron chi connectivity index (χ0n) is 33.9. The Labute approximate surface area is 330 Å². The highest BCUT2D eigenvalue weighted by Crippen LogP contribution is 2.38. The maximum Gasteiger partial charge on any atom is 0.411 e. The Morgan fingerprint density at radius 3 is 2.23 bits per heavy atom. The molecular weight excluding hydrogens is 739 g/mol. The number of likely N-dealkylation sites (tertiary alicyclic amines) is 1. The van der Waals surface area contributed by atoms with Gasteiger partial charge in [0.15, 0.2) is 19.8 Å². The molecule has 1 aliphatic rings. The summed E-state index contributed by atoms with van der Waals surface area (Å²) in [5, 5.41) is 20.9. The number of anilines is 2. The first-order valence-electron chi connectivity index (χ1n) is 18.4. The maximum atomic E-state index is 14.1. The van der Waals surface area contributed by atoms with E-state index in [0.29, 0.717) is 30.8 Å². The van der Waals surface area contributed by atoms with Gasteiger partial charge in [-0.1, -0.05) is 71.6 Å². The van der Waals surface area contributed by atoms with Crippen molar-refractivity contribution in [3.05, 3.63) is 72.3 Å². The normalized spacial score (nSPS) is 15.4. The first-order chi connectivity index (χ1) is 26.2. The van der Waals surface area contributed by atoms with Crippen LogP contribution < -0.4 is 26.0 Å². The van der Waals surface area contributed by atoms with Crippen LogP contribution in [0.25, 0.3) is 0 Å². The zero-order valence-corrected chi connectivity index (χ0v) is 34.9. The van der Waals surface area contributed by atoms with E-state index in [1.807, 2.05) is 0 Å². The lowest BCUT2D eigenvalue weighted by Gasteiger charge is -2.38. The lowest BCUT2D eigenvalue weighted by atomic mass is 10.0. The number of rotatable bonds is 16. The third-order valence-corrected chi connectivity index (χ3v) is 14.2. The molecule has 3 rings (SSSR count). The van der Waals surface area contributed by atoms with E-state index >= 15 is 0 Å². The molecule has 5 N–H and O–H groups in total. The van der Waals surface area contributed by atoms with Gasteiger partial charge in [0.25, 0.3) is 5.91 Å². The molecule has 2 aromatic rings. The maximum absolute atomic E-state index is 14.1. The average molecular weight is 796 g/mol. The van der Waals surface area contributed by atoms with Gasteiger partial charge in [0.05, 0.1) is 31.0 Å². The van der Waals surface area contributed by atoms with Crippen molar-refractivity contribution in [3.8, 4) is 11.5 Å². The van der Waals surface area contributed by atoms with Crippen LogP contribution in [0.5, 0.6) is 11.5 Å². The van der Waals surface area contributed by atoms with E-state index in [1.54, 1.807) is 43.0 Å². The highest BCUT2D eigenvalue weighted by molar-refractivity contribution is 6.74. The predicted molar refractivity (Wildman–Crippen MR) is 216 cm³/mol. The summed E-state index contributed by atoms with van der Waals surface area (Å²) >= 11 is 0. The van der Waals surface area contributed by atoms with Crippen LogP contribution in [0.4, 0.5) is 21.0 Å². The summed E-state index contributed by atoms with van der Waals surface area (Å²) in [6.07, 6.45) is 0.320. The number of methoxy groups -OCH3 is 1. The molecule has 3 atom stereocenters. The average Bonchev–Trinajstić information content (AvgIpc) is 3.51. The molecule has 16 heteroatoms. The Bertz CT molecular complexity index is 1770. The van der Waals surface area contributed by atoms with Crippen LogP contribution in [-0.4, -0.2) is 93.2 Å². The molecule has 1 saturated heterocycles. The second kappa shape index (κ2) is 19.5. The van der Waals surface area contributed by atoms with Gasteiger partial charge in [-0.15, -0.1) is 0 Å². The molecule has 1 fully saturated rings. The first kappa shape index (κ1) is 45.0. The fraction of sp³-hybridized carbons (Fsp3) is 0.475. The summed E-state index contributed by atoms with van der Waals surface area (Å²) in [7, 11) is -0.744. The smallest absolute Gasteiger partial charge is 0.411 e. The fourth-order valence-corrected chi connectivity index (χ4v) is 6.43. The van der Waals surface area contributed by atoms with Gasteiger partial charge in [-0.25, -0.2) is 9.59 Å². The lowest BCUT2D eigenvalue weighted by molar-refractivity contribution is -0.128. The van der Waals surface area contributed by atoms with Crippen molar-refractivity contribution in [1.82, 2.24) is 15.5 Å². The Hall–Kier alpha value is -5.35. The third kappa shape index (κ3) is 12.3. The minimum absolute atomic E-state index is 0.0148. The standard InChI is InChI=1S/C40H57N5O10Si/c1-12-17-53-39(51)44-34(24(2)3)36(48)41-26(5)35(47)42-28-15-13-27(14-16-28)22-54-38(50)43-31-20-32(46)33(52-9)19-30(31)37(49)45-21-25(4)18-29(45)23-55-56(10,11)40(6,7)8/h12-16,19-20,24,26,29,34,46H,1,4,17-18,21-23H2,2-3,5-11H3,(H,41,48)(H,42,47)(H,43,50)(H,44,51)/t26-,29-,34-/m0/s1. The molecule has 0 spiro atoms. The van der Waals surface area contributed by atoms with Crippen LogP contribution in [0, 0.1) is 5.92 Å². The molecule has 0 radical (unpaired) electrons. The number of nitrogens with zero attached hydrogens (tertiary/aromatic N) is 1. The van der Waals surface area contributed by atoms with Gasteiger partial charge in [-0.3, -0.25) is 19.7 Å². The number of hydrogen-bond donors (Lipinski definition) is 5. The Kier molecular flexibility index (Phi) is 15.7. The number of ether oxygens (including phenoxy) is 3. The molecule has 0 aromatic heterocycles. The summed E-state index contributed by atoms with van der Waals surface area (Å²) in [6.45, 7) is 23.8. The van der Waals surface area contributed by atoms with Gasteiger partial charge in [-0.2, -0.15) is 0 Å². The molecule has 5 amide bonds. The fourth-order valence-electron chi connectivity index (χ4n) is 5.39. The molecule has 306 valence electrons. The van der Waals surface area contributed by atoms with Gasteiger partial charge in [0.2, 0.25) is 11.8 Å². The van der Waals surface area contributed by atoms with Gasteiger partial charge >= 0.3 is 12.2 Å². The van der Waals surface area contributed by atoms with Crippen molar-refractivity contribution in [1.29, 1.82) is 0 Å². The Balaban J connectivity index is 1.63. The summed E-state index contributed by atoms with van der Waals surface area (Å²) in [5.74, 6) is -1.96. The number of phenolic OH excluding ortho intramolecular Hbond substituents is 1. The molecule has 0 unspecified atom stereocenters. The van der Waals surface area contributed by atoms with Crippen molar-refractivity contribution in [2.75, 3.05) is 37.5 Å². The number of nitrogens with one attached hydrogen (secondary N) is 4. The van der Waals surface area contributed by atoms with Crippen LogP contribution >= 0.6 is 0 Å². The van der Waals surface area contributed by atoms with Gasteiger partial charge in [-0.05, 0) is 61.2 Å². The third-order valence-electron chi connectivity index (χ3n) is 9.75. The number of amides is 5. The van der Waals surface area contributed by atoms with E-state index in [9.17, 15) is 29.1 Å². The van der Waals surface area contributed by atoms with Crippen LogP contribution in [0.3, 0.4) is 0 Å². The first-order valence-corrected chi connectivity index (χ1v) is 21.3. The molecule has 0 aliphatic carbocycles. The summed E-state index contributed by atoms with van der Waals surface area (Å²) in [4.78, 5) is 66.4. The molecule has 1 heterocycles. The zero-order chi connectivity index (χ0) is 42.0. The quantitative estimate of drug-likeness (QED) is 0.0948. The molecule has 0 bridgehead atoms. The molecule has 56 heavy (non-hydrogen) atoms. The number of hydrogen-bond acceptors (Lipinski definition) is 10. The number of benzene rings is 2. The SMILES string of the molecule is C=CCOC(=O)N[C@H](C(=O)N[C@@H](C)C(=O)Nc1ccc(COC(=O)Nc2cc(O)c(OC)cc2C(=O)N2CC(=C)C[C@H]2CO[Si](C)(C)C(C)(C)C)cc1)C(C)C. The van der Waals surface area contributed by atoms with E-state index in [1.165, 1.54) is 32.2 Å². The second-order valence-corrected chi connectivity index (χ2v) is 20.4. The topological polar surface area (TPSA) is 194 Å². The summed E-state index contributed by atoms with van der Waals surface area (Å²) < 4.78 is 22.1. The molecule has 15 nitrogen and oxygen atoms in total. The van der Waals surface area contributed by atoms with Gasteiger partial charge in [0, 0.05) is 18.3 Å². The van der Waals surface area contributed by atoms with Crippen molar-refractivity contribution in [2.24, 2.45) is 5.92 Å². The highest BCUT2D eigenvalue weighted by atomic mass is 28.4. The Morgan fingerprint density at radius 2 is 1.64 bits per heavy atom. The van der Waals surface area contributed by atoms with Crippen LogP contribution in [0.15, 0.2) is 61.2 Å². The Morgan fingerprint density at radius 1 is 0.982 bits per heavy atom. The monoisotopic (exact) mass is 795 g/mol. The minimum atomic E-state index is -2.11. The van der Waals surface area contributed by atoms with Crippen molar-refractivity contribution >= 4 is 49.6 Å². The van der Waals surface area contributed by atoms with E-state index in [2.05, 4.69) is 68.3 Å². The minimum Gasteiger partial charge on any atom is -0.504 e. The second-order valence-electron chi connectivity index (χ2n) is 15.6. The van der Waals surface area contributed by atoms with Crippen LogP contribution in [0.1, 0.15) is 63.9 Å². The van der Waals surface area contributed by atoms with Crippen molar-refractivity contribution in [2.45, 2.75) is 90.8 Å². The molecule has 2 aromatic carbocycles. The molecular formula is C40H57N5O10Si. The molecule has 0 saturated carbocycles. The largest absolute Gasteiger partial charge is 0.504 e. The number of aromatic hydroxyl groups is 1. The number of carbonyl (C=O) groups excluding carboxylic acids is 5. The van der Waals surface area contributed by atoms with Crippen LogP contribution in [0.2, 0.25) is 18.1 Å². The van der Waals surface area contributed by atoms with Crippen molar-refractivity contribution < 1.29 is 47.7 Å². The number of alkyl carbamates (subject to hydrolysis) is 1. The highest BCUT2D eigenvalue weighted by Gasteiger charge is 2.40.